The van der Waals surface area contributed by atoms with Crippen molar-refractivity contribution in [3.8, 4) is 5.75 Å². The number of carboxylic acid groups (broad SMARTS) is 1. The first-order valence-electron chi connectivity index (χ1n) is 3.74. The maximum Gasteiger partial charge on any atom is 0.334 e. The van der Waals surface area contributed by atoms with Crippen molar-refractivity contribution in [3.05, 3.63) is 29.8 Å². The van der Waals surface area contributed by atoms with Gasteiger partial charge in [-0.1, -0.05) is 12.1 Å². The minimum Gasteiger partial charge on any atom is -0.508 e. The van der Waals surface area contributed by atoms with Crippen LogP contribution in [-0.2, 0) is 9.59 Å². The number of phenols is 1. The Morgan fingerprint density at radius 3 is 2.36 bits per heavy atom. The summed E-state index contributed by atoms with van der Waals surface area (Å²) in [6.45, 7) is 0. The number of carboxylic acids is 1. The van der Waals surface area contributed by atoms with Gasteiger partial charge in [0, 0.05) is 0 Å². The first kappa shape index (κ1) is 9.95. The molecule has 1 aromatic rings. The summed E-state index contributed by atoms with van der Waals surface area (Å²) in [5, 5.41) is 17.6. The van der Waals surface area contributed by atoms with Crippen LogP contribution in [-0.4, -0.2) is 22.3 Å². The van der Waals surface area contributed by atoms with E-state index in [4.69, 9.17) is 10.2 Å². The highest BCUT2D eigenvalue weighted by Gasteiger charge is 2.18. The number of aromatic hydroxyl groups is 1. The van der Waals surface area contributed by atoms with Crippen LogP contribution in [0, 0.1) is 0 Å². The summed E-state index contributed by atoms with van der Waals surface area (Å²) in [4.78, 5) is 23.7. The number of hydrogen-bond donors (Lipinski definition) is 2. The number of carbonyl (C=O) groups is 1. The summed E-state index contributed by atoms with van der Waals surface area (Å²) in [5.74, 6) is -1.22. The number of rotatable bonds is 3. The molecule has 0 bridgehead atoms. The molecule has 0 saturated heterocycles. The van der Waals surface area contributed by atoms with E-state index in [0.717, 1.165) is 0 Å². The van der Waals surface area contributed by atoms with Crippen LogP contribution < -0.4 is 0 Å². The van der Waals surface area contributed by atoms with Crippen molar-refractivity contribution in [3.63, 3.8) is 0 Å². The summed E-state index contributed by atoms with van der Waals surface area (Å²) < 4.78 is 0. The van der Waals surface area contributed by atoms with E-state index in [9.17, 15) is 9.59 Å². The molecular weight excluding hydrogens is 186 g/mol. The number of benzene rings is 1. The molecule has 1 unspecified atom stereocenters. The Morgan fingerprint density at radius 2 is 1.93 bits per heavy atom. The van der Waals surface area contributed by atoms with Gasteiger partial charge in [-0.25, -0.2) is 9.59 Å². The Bertz CT molecular complexity index is 376. The Kier molecular flexibility index (Phi) is 2.99. The zero-order chi connectivity index (χ0) is 10.6. The maximum atomic E-state index is 10.6. The largest absolute Gasteiger partial charge is 0.508 e. The van der Waals surface area contributed by atoms with Crippen LogP contribution in [0.3, 0.4) is 0 Å². The second-order valence-electron chi connectivity index (χ2n) is 2.55. The van der Waals surface area contributed by atoms with Gasteiger partial charge in [-0.2, -0.15) is 4.99 Å². The Hall–Kier alpha value is -2.13. The summed E-state index contributed by atoms with van der Waals surface area (Å²) in [6, 6.07) is 4.16. The van der Waals surface area contributed by atoms with Crippen molar-refractivity contribution in [1.82, 2.24) is 0 Å². The zero-order valence-corrected chi connectivity index (χ0v) is 7.04. The van der Waals surface area contributed by atoms with E-state index in [2.05, 4.69) is 4.99 Å². The van der Waals surface area contributed by atoms with Crippen molar-refractivity contribution in [1.29, 1.82) is 0 Å². The van der Waals surface area contributed by atoms with Crippen LogP contribution >= 0.6 is 0 Å². The topological polar surface area (TPSA) is 87.0 Å². The fraction of sp³-hybridized carbons (Fsp3) is 0.111. The second-order valence-corrected chi connectivity index (χ2v) is 2.55. The molecule has 5 nitrogen and oxygen atoms in total. The lowest BCUT2D eigenvalue weighted by molar-refractivity contribution is -0.138. The fourth-order valence-corrected chi connectivity index (χ4v) is 0.982. The van der Waals surface area contributed by atoms with Gasteiger partial charge in [0.15, 0.2) is 6.04 Å². The summed E-state index contributed by atoms with van der Waals surface area (Å²) in [6.07, 6.45) is 1.19. The summed E-state index contributed by atoms with van der Waals surface area (Å²) in [7, 11) is 0. The molecule has 0 saturated carbocycles. The number of carbonyl (C=O) groups excluding carboxylic acids is 1. The van der Waals surface area contributed by atoms with Gasteiger partial charge in [0.25, 0.3) is 0 Å². The molecule has 0 aromatic heterocycles. The van der Waals surface area contributed by atoms with E-state index in [-0.39, 0.29) is 5.75 Å². The van der Waals surface area contributed by atoms with Gasteiger partial charge in [0.1, 0.15) is 5.75 Å². The molecule has 0 aliphatic carbocycles. The van der Waals surface area contributed by atoms with E-state index in [1.807, 2.05) is 0 Å². The van der Waals surface area contributed by atoms with E-state index in [0.29, 0.717) is 5.56 Å². The van der Waals surface area contributed by atoms with E-state index < -0.39 is 12.0 Å². The number of nitrogens with zero attached hydrogens (tertiary/aromatic N) is 1. The Morgan fingerprint density at radius 1 is 1.36 bits per heavy atom. The molecule has 72 valence electrons. The monoisotopic (exact) mass is 193 g/mol. The number of aliphatic imine (C=N–C) groups is 1. The maximum absolute atomic E-state index is 10.6. The van der Waals surface area contributed by atoms with Gasteiger partial charge in [-0.3, -0.25) is 0 Å². The molecule has 1 atom stereocenters. The minimum absolute atomic E-state index is 0.0213. The van der Waals surface area contributed by atoms with E-state index >= 15 is 0 Å². The third-order valence-electron chi connectivity index (χ3n) is 1.62. The number of phenolic OH excluding ortho intramolecular Hbond substituents is 1. The molecule has 0 aliphatic heterocycles. The molecule has 0 amide bonds. The van der Waals surface area contributed by atoms with Crippen molar-refractivity contribution in [2.75, 3.05) is 0 Å². The van der Waals surface area contributed by atoms with E-state index in [1.165, 1.54) is 30.3 Å². The van der Waals surface area contributed by atoms with Crippen molar-refractivity contribution in [2.24, 2.45) is 4.99 Å². The fourth-order valence-electron chi connectivity index (χ4n) is 0.982. The normalized spacial score (nSPS) is 11.4. The van der Waals surface area contributed by atoms with Gasteiger partial charge in [-0.05, 0) is 17.7 Å². The van der Waals surface area contributed by atoms with Gasteiger partial charge in [-0.15, -0.1) is 0 Å². The molecule has 5 heteroatoms. The van der Waals surface area contributed by atoms with Gasteiger partial charge < -0.3 is 10.2 Å². The molecule has 0 fully saturated rings. The predicted octanol–water partition coefficient (Wildman–Crippen LogP) is 0.854. The van der Waals surface area contributed by atoms with Gasteiger partial charge in [0.05, 0.1) is 0 Å². The van der Waals surface area contributed by atoms with Crippen LogP contribution in [0.4, 0.5) is 0 Å². The third kappa shape index (κ3) is 2.18. The molecule has 2 N–H and O–H groups in total. The molecule has 0 heterocycles. The molecular formula is C9H7NO4. The summed E-state index contributed by atoms with van der Waals surface area (Å²) in [5.41, 5.74) is 0.318. The minimum atomic E-state index is -1.26. The van der Waals surface area contributed by atoms with Crippen molar-refractivity contribution < 1.29 is 19.8 Å². The lowest BCUT2D eigenvalue weighted by Crippen LogP contribution is -2.08. The number of hydrogen-bond acceptors (Lipinski definition) is 4. The number of aliphatic carboxylic acids is 1. The van der Waals surface area contributed by atoms with Crippen molar-refractivity contribution >= 4 is 12.0 Å². The van der Waals surface area contributed by atoms with Crippen LogP contribution in [0.15, 0.2) is 29.3 Å². The smallest absolute Gasteiger partial charge is 0.334 e. The lowest BCUT2D eigenvalue weighted by atomic mass is 10.1. The highest BCUT2D eigenvalue weighted by Crippen LogP contribution is 2.19. The first-order valence-corrected chi connectivity index (χ1v) is 3.74. The highest BCUT2D eigenvalue weighted by atomic mass is 16.4. The molecule has 14 heavy (non-hydrogen) atoms. The molecule has 1 rings (SSSR count). The molecule has 1 aromatic carbocycles. The highest BCUT2D eigenvalue weighted by molar-refractivity contribution is 5.76. The second kappa shape index (κ2) is 4.20. The molecule has 0 spiro atoms. The van der Waals surface area contributed by atoms with Crippen LogP contribution in [0.5, 0.6) is 5.75 Å². The van der Waals surface area contributed by atoms with E-state index in [1.54, 1.807) is 0 Å². The zero-order valence-electron chi connectivity index (χ0n) is 7.04. The lowest BCUT2D eigenvalue weighted by Gasteiger charge is -2.04. The average Bonchev–Trinajstić information content (AvgIpc) is 2.15. The standard InChI is InChI=1S/C9H7NO4/c11-5-10-8(9(13)14)6-1-3-7(12)4-2-6/h1-4,8,12H,(H,13,14). The summed E-state index contributed by atoms with van der Waals surface area (Å²) >= 11 is 0. The van der Waals surface area contributed by atoms with Crippen LogP contribution in [0.25, 0.3) is 0 Å². The SMILES string of the molecule is O=C=NC(C(=O)O)c1ccc(O)cc1. The average molecular weight is 193 g/mol. The third-order valence-corrected chi connectivity index (χ3v) is 1.62. The Labute approximate surface area is 79.3 Å². The molecule has 0 radical (unpaired) electrons. The number of isocyanates is 1. The quantitative estimate of drug-likeness (QED) is 0.550. The Balaban J connectivity index is 3.05. The van der Waals surface area contributed by atoms with Gasteiger partial charge >= 0.3 is 5.97 Å². The van der Waals surface area contributed by atoms with Crippen LogP contribution in [0.2, 0.25) is 0 Å². The van der Waals surface area contributed by atoms with Gasteiger partial charge in [0.2, 0.25) is 6.08 Å². The predicted molar refractivity (Wildman–Crippen MR) is 46.6 cm³/mol. The molecule has 0 aliphatic rings. The first-order chi connectivity index (χ1) is 6.65. The van der Waals surface area contributed by atoms with Crippen LogP contribution in [0.1, 0.15) is 11.6 Å². The van der Waals surface area contributed by atoms with Crippen molar-refractivity contribution in [2.45, 2.75) is 6.04 Å².